The number of alkyl halides is 11. The predicted molar refractivity (Wildman–Crippen MR) is 82.3 cm³/mol. The lowest BCUT2D eigenvalue weighted by atomic mass is 10.0. The zero-order valence-corrected chi connectivity index (χ0v) is 16.3. The van der Waals surface area contributed by atoms with Gasteiger partial charge >= 0.3 is 18.3 Å². The van der Waals surface area contributed by atoms with Crippen molar-refractivity contribution in [2.75, 3.05) is 13.1 Å². The first-order valence-electron chi connectivity index (χ1n) is 8.80. The molecular weight excluding hydrogens is 447 g/mol. The molecule has 0 aromatic carbocycles. The van der Waals surface area contributed by atoms with E-state index in [9.17, 15) is 48.3 Å². The molecule has 0 radical (unpaired) electrons. The van der Waals surface area contributed by atoms with Gasteiger partial charge in [0.1, 0.15) is 12.2 Å². The van der Waals surface area contributed by atoms with Crippen LogP contribution in [0.1, 0.15) is 27.7 Å². The van der Waals surface area contributed by atoms with Gasteiger partial charge in [0.15, 0.2) is 6.10 Å². The Morgan fingerprint density at radius 3 is 1.73 bits per heavy atom. The molecule has 1 aliphatic heterocycles. The lowest BCUT2D eigenvalue weighted by molar-refractivity contribution is -0.290. The molecule has 1 aliphatic rings. The zero-order valence-electron chi connectivity index (χ0n) is 16.3. The summed E-state index contributed by atoms with van der Waals surface area (Å²) in [6.07, 6.45) is -24.2. The second-order valence-corrected chi connectivity index (χ2v) is 7.28. The van der Waals surface area contributed by atoms with E-state index in [1.807, 2.05) is 0 Å². The van der Waals surface area contributed by atoms with E-state index in [0.29, 0.717) is 13.8 Å². The van der Waals surface area contributed by atoms with Crippen LogP contribution in [0, 0.1) is 0 Å². The molecule has 14 heteroatoms. The molecule has 0 saturated carbocycles. The van der Waals surface area contributed by atoms with Gasteiger partial charge in [-0.1, -0.05) is 0 Å². The van der Waals surface area contributed by atoms with Crippen LogP contribution in [0.2, 0.25) is 0 Å². The van der Waals surface area contributed by atoms with Crippen LogP contribution in [0.25, 0.3) is 0 Å². The molecule has 3 nitrogen and oxygen atoms in total. The predicted octanol–water partition coefficient (Wildman–Crippen LogP) is 4.99. The van der Waals surface area contributed by atoms with Crippen LogP contribution in [0.15, 0.2) is 0 Å². The summed E-state index contributed by atoms with van der Waals surface area (Å²) in [6, 6.07) is -1.98. The third-order valence-corrected chi connectivity index (χ3v) is 4.88. The molecule has 0 spiro atoms. The van der Waals surface area contributed by atoms with Gasteiger partial charge in [0.05, 0.1) is 12.1 Å². The molecule has 0 amide bonds. The van der Waals surface area contributed by atoms with Crippen molar-refractivity contribution < 1.29 is 57.8 Å². The fourth-order valence-corrected chi connectivity index (χ4v) is 2.98. The standard InChI is InChI=1S/C16H22F11NO2/c1-7-5-28(6-11(29-7)15(22,23)24)8(2)13(18,19)9(3)30-10(4)14(20,21)12(17)16(25,26)27/h7-12H,5-6H2,1-4H3. The van der Waals surface area contributed by atoms with Crippen LogP contribution in [-0.2, 0) is 9.47 Å². The molecule has 0 aromatic rings. The second-order valence-electron chi connectivity index (χ2n) is 7.28. The summed E-state index contributed by atoms with van der Waals surface area (Å²) in [5, 5.41) is 0. The number of rotatable bonds is 7. The Hall–Kier alpha value is -0.890. The van der Waals surface area contributed by atoms with E-state index in [4.69, 9.17) is 0 Å². The molecule has 1 heterocycles. The zero-order chi connectivity index (χ0) is 23.9. The van der Waals surface area contributed by atoms with Crippen LogP contribution in [0.5, 0.6) is 0 Å². The summed E-state index contributed by atoms with van der Waals surface area (Å²) >= 11 is 0. The molecule has 1 fully saturated rings. The second kappa shape index (κ2) is 8.93. The molecule has 30 heavy (non-hydrogen) atoms. The average Bonchev–Trinajstić information content (AvgIpc) is 2.57. The van der Waals surface area contributed by atoms with Crippen LogP contribution in [0.4, 0.5) is 48.3 Å². The molecule has 6 atom stereocenters. The van der Waals surface area contributed by atoms with Crippen LogP contribution < -0.4 is 0 Å². The van der Waals surface area contributed by atoms with Gasteiger partial charge in [-0.05, 0) is 27.7 Å². The number of morpholine rings is 1. The summed E-state index contributed by atoms with van der Waals surface area (Å²) in [5.74, 6) is -9.23. The van der Waals surface area contributed by atoms with Crippen molar-refractivity contribution in [3.05, 3.63) is 0 Å². The van der Waals surface area contributed by atoms with E-state index >= 15 is 0 Å². The highest BCUT2D eigenvalue weighted by Crippen LogP contribution is 2.40. The van der Waals surface area contributed by atoms with E-state index in [2.05, 4.69) is 9.47 Å². The number of hydrogen-bond acceptors (Lipinski definition) is 3. The minimum Gasteiger partial charge on any atom is -0.363 e. The minimum absolute atomic E-state index is 0.298. The van der Waals surface area contributed by atoms with Gasteiger partial charge in [-0.15, -0.1) is 0 Å². The van der Waals surface area contributed by atoms with E-state index in [1.54, 1.807) is 0 Å². The monoisotopic (exact) mass is 469 g/mol. The van der Waals surface area contributed by atoms with E-state index in [0.717, 1.165) is 11.8 Å². The van der Waals surface area contributed by atoms with Crippen LogP contribution in [-0.4, -0.2) is 78.8 Å². The Morgan fingerprint density at radius 2 is 1.30 bits per heavy atom. The molecular formula is C16H22F11NO2. The highest BCUT2D eigenvalue weighted by Gasteiger charge is 2.61. The first-order chi connectivity index (χ1) is 13.2. The largest absolute Gasteiger partial charge is 0.425 e. The number of hydrogen-bond donors (Lipinski definition) is 0. The smallest absolute Gasteiger partial charge is 0.363 e. The van der Waals surface area contributed by atoms with Crippen molar-refractivity contribution in [1.82, 2.24) is 4.90 Å². The Morgan fingerprint density at radius 1 is 0.833 bits per heavy atom. The van der Waals surface area contributed by atoms with Crippen molar-refractivity contribution in [3.63, 3.8) is 0 Å². The van der Waals surface area contributed by atoms with Crippen molar-refractivity contribution in [2.45, 2.75) is 88.5 Å². The molecule has 0 aromatic heterocycles. The van der Waals surface area contributed by atoms with Gasteiger partial charge in [-0.3, -0.25) is 4.90 Å². The number of nitrogens with zero attached hydrogens (tertiary/aromatic N) is 1. The SMILES string of the molecule is CC1CN(C(C)C(F)(F)C(C)OC(C)C(F)(F)C(F)C(F)(F)F)CC(C(F)(F)F)O1. The highest BCUT2D eigenvalue weighted by molar-refractivity contribution is 4.94. The Balaban J connectivity index is 2.93. The van der Waals surface area contributed by atoms with Gasteiger partial charge < -0.3 is 9.47 Å². The lowest BCUT2D eigenvalue weighted by Crippen LogP contribution is -2.61. The molecule has 0 aliphatic carbocycles. The van der Waals surface area contributed by atoms with Crippen molar-refractivity contribution in [2.24, 2.45) is 0 Å². The van der Waals surface area contributed by atoms with E-state index in [1.165, 1.54) is 6.92 Å². The first kappa shape index (κ1) is 27.1. The Bertz CT molecular complexity index is 566. The summed E-state index contributed by atoms with van der Waals surface area (Å²) in [7, 11) is 0. The normalized spacial score (nSPS) is 26.9. The average molecular weight is 469 g/mol. The highest BCUT2D eigenvalue weighted by atomic mass is 19.4. The lowest BCUT2D eigenvalue weighted by Gasteiger charge is -2.44. The summed E-state index contributed by atoms with van der Waals surface area (Å²) in [5.41, 5.74) is 0. The maximum Gasteiger partial charge on any atom is 0.425 e. The van der Waals surface area contributed by atoms with E-state index in [-0.39, 0.29) is 6.54 Å². The minimum atomic E-state index is -5.95. The van der Waals surface area contributed by atoms with Gasteiger partial charge in [0.2, 0.25) is 0 Å². The molecule has 0 bridgehead atoms. The molecule has 180 valence electrons. The summed E-state index contributed by atoms with van der Waals surface area (Å²) in [4.78, 5) is 0.725. The first-order valence-corrected chi connectivity index (χ1v) is 8.80. The van der Waals surface area contributed by atoms with E-state index < -0.39 is 67.4 Å². The van der Waals surface area contributed by atoms with Gasteiger partial charge in [-0.25, -0.2) is 22.0 Å². The number of halogens is 11. The number of ether oxygens (including phenoxy) is 2. The quantitative estimate of drug-likeness (QED) is 0.491. The fraction of sp³-hybridized carbons (Fsp3) is 1.00. The fourth-order valence-electron chi connectivity index (χ4n) is 2.98. The van der Waals surface area contributed by atoms with Gasteiger partial charge in [0, 0.05) is 13.1 Å². The maximum atomic E-state index is 14.7. The molecule has 6 unspecified atom stereocenters. The Kier molecular flexibility index (Phi) is 8.08. The molecule has 0 N–H and O–H groups in total. The van der Waals surface area contributed by atoms with Crippen molar-refractivity contribution in [1.29, 1.82) is 0 Å². The van der Waals surface area contributed by atoms with Gasteiger partial charge in [-0.2, -0.15) is 26.3 Å². The summed E-state index contributed by atoms with van der Waals surface area (Å²) in [6.45, 7) is 1.59. The maximum absolute atomic E-state index is 14.7. The third-order valence-electron chi connectivity index (χ3n) is 4.88. The molecule has 1 saturated heterocycles. The van der Waals surface area contributed by atoms with Crippen LogP contribution in [0.3, 0.4) is 0 Å². The summed E-state index contributed by atoms with van der Waals surface area (Å²) < 4.78 is 154. The van der Waals surface area contributed by atoms with Crippen LogP contribution >= 0.6 is 0 Å². The Labute approximate surface area is 165 Å². The van der Waals surface area contributed by atoms with Gasteiger partial charge in [0.25, 0.3) is 12.1 Å². The third kappa shape index (κ3) is 6.09. The topological polar surface area (TPSA) is 21.7 Å². The molecule has 1 rings (SSSR count). The van der Waals surface area contributed by atoms with Crippen molar-refractivity contribution >= 4 is 0 Å². The van der Waals surface area contributed by atoms with Crippen molar-refractivity contribution in [3.8, 4) is 0 Å².